The molecule has 3 nitrogen and oxygen atoms in total. The molecule has 1 aliphatic heterocycles. The Bertz CT molecular complexity index is 415. The summed E-state index contributed by atoms with van der Waals surface area (Å²) < 4.78 is 0. The third-order valence-corrected chi connectivity index (χ3v) is 2.37. The molecular weight excluding hydrogens is 212 g/mol. The second kappa shape index (κ2) is 4.47. The van der Waals surface area contributed by atoms with E-state index >= 15 is 0 Å². The highest BCUT2D eigenvalue weighted by atomic mass is 35.5. The number of benzene rings is 1. The fraction of sp³-hybridized carbons (Fsp3) is 0.182. The van der Waals surface area contributed by atoms with Gasteiger partial charge in [0.1, 0.15) is 0 Å². The van der Waals surface area contributed by atoms with E-state index in [9.17, 15) is 4.79 Å². The molecular formula is C11H11ClN2O. The molecule has 0 aliphatic carbocycles. The number of allylic oxidation sites excluding steroid dienone is 1. The van der Waals surface area contributed by atoms with Gasteiger partial charge in [0.2, 0.25) is 0 Å². The van der Waals surface area contributed by atoms with Crippen molar-refractivity contribution >= 4 is 17.4 Å². The predicted molar refractivity (Wildman–Crippen MR) is 59.4 cm³/mol. The largest absolute Gasteiger partial charge is 0.325 e. The van der Waals surface area contributed by atoms with Gasteiger partial charge in [-0.3, -0.25) is 4.79 Å². The van der Waals surface area contributed by atoms with Crippen LogP contribution in [-0.4, -0.2) is 12.3 Å². The summed E-state index contributed by atoms with van der Waals surface area (Å²) in [5, 5.41) is 0.711. The van der Waals surface area contributed by atoms with Crippen molar-refractivity contribution in [2.45, 2.75) is 6.42 Å². The number of hydrazine groups is 1. The van der Waals surface area contributed by atoms with Crippen LogP contribution < -0.4 is 10.9 Å². The second-order valence-corrected chi connectivity index (χ2v) is 3.86. The van der Waals surface area contributed by atoms with Crippen molar-refractivity contribution in [2.24, 2.45) is 0 Å². The first-order valence-electron chi connectivity index (χ1n) is 4.71. The fourth-order valence-corrected chi connectivity index (χ4v) is 1.70. The number of nitrogens with one attached hydrogen (secondary N) is 2. The summed E-state index contributed by atoms with van der Waals surface area (Å²) in [6.45, 7) is 0.346. The van der Waals surface area contributed by atoms with Crippen LogP contribution in [0.2, 0.25) is 5.02 Å². The first kappa shape index (κ1) is 10.2. The quantitative estimate of drug-likeness (QED) is 0.796. The lowest BCUT2D eigenvalue weighted by Gasteiger charge is -2.16. The zero-order valence-corrected chi connectivity index (χ0v) is 8.84. The number of carbonyl (C=O) groups excluding carboxylic acids is 1. The fourth-order valence-electron chi connectivity index (χ4n) is 1.49. The van der Waals surface area contributed by atoms with Gasteiger partial charge in [-0.1, -0.05) is 23.7 Å². The summed E-state index contributed by atoms with van der Waals surface area (Å²) in [6.07, 6.45) is 2.30. The molecule has 2 N–H and O–H groups in total. The van der Waals surface area contributed by atoms with Crippen LogP contribution in [-0.2, 0) is 11.2 Å². The Morgan fingerprint density at radius 1 is 1.40 bits per heavy atom. The molecule has 4 heteroatoms. The van der Waals surface area contributed by atoms with Crippen molar-refractivity contribution in [3.8, 4) is 0 Å². The minimum absolute atomic E-state index is 0.0887. The van der Waals surface area contributed by atoms with Gasteiger partial charge in [-0.2, -0.15) is 0 Å². The van der Waals surface area contributed by atoms with Crippen molar-refractivity contribution < 1.29 is 4.79 Å². The van der Waals surface area contributed by atoms with Gasteiger partial charge in [0.25, 0.3) is 0 Å². The van der Waals surface area contributed by atoms with Gasteiger partial charge < -0.3 is 5.43 Å². The van der Waals surface area contributed by atoms with Crippen LogP contribution in [0.5, 0.6) is 0 Å². The van der Waals surface area contributed by atoms with Crippen LogP contribution >= 0.6 is 11.6 Å². The van der Waals surface area contributed by atoms with E-state index in [4.69, 9.17) is 11.6 Å². The van der Waals surface area contributed by atoms with Crippen molar-refractivity contribution in [1.82, 2.24) is 10.9 Å². The highest BCUT2D eigenvalue weighted by Crippen LogP contribution is 2.13. The third kappa shape index (κ3) is 2.81. The molecule has 0 amide bonds. The minimum atomic E-state index is 0.0887. The Morgan fingerprint density at radius 2 is 2.27 bits per heavy atom. The van der Waals surface area contributed by atoms with Crippen molar-refractivity contribution in [3.05, 3.63) is 46.6 Å². The lowest BCUT2D eigenvalue weighted by Crippen LogP contribution is -2.40. The van der Waals surface area contributed by atoms with Crippen LogP contribution in [0.3, 0.4) is 0 Å². The molecule has 0 aromatic heterocycles. The van der Waals surface area contributed by atoms with Gasteiger partial charge in [0.05, 0.1) is 6.54 Å². The van der Waals surface area contributed by atoms with E-state index in [1.54, 1.807) is 6.08 Å². The normalized spacial score (nSPS) is 15.8. The zero-order chi connectivity index (χ0) is 10.7. The maximum Gasteiger partial charge on any atom is 0.173 e. The average molecular weight is 223 g/mol. The molecule has 0 atom stereocenters. The van der Waals surface area contributed by atoms with E-state index in [1.807, 2.05) is 24.3 Å². The molecule has 1 aromatic carbocycles. The zero-order valence-electron chi connectivity index (χ0n) is 8.09. The monoisotopic (exact) mass is 222 g/mol. The molecule has 1 aromatic rings. The van der Waals surface area contributed by atoms with Gasteiger partial charge in [0, 0.05) is 23.2 Å². The SMILES string of the molecule is O=C1C=C(Cc2cccc(Cl)c2)NNC1. The van der Waals surface area contributed by atoms with E-state index in [2.05, 4.69) is 10.9 Å². The lowest BCUT2D eigenvalue weighted by molar-refractivity contribution is -0.114. The molecule has 15 heavy (non-hydrogen) atoms. The van der Waals surface area contributed by atoms with Gasteiger partial charge in [-0.25, -0.2) is 5.43 Å². The summed E-state index contributed by atoms with van der Waals surface area (Å²) in [5.41, 5.74) is 7.73. The first-order chi connectivity index (χ1) is 7.24. The van der Waals surface area contributed by atoms with Crippen LogP contribution in [0.15, 0.2) is 36.0 Å². The summed E-state index contributed by atoms with van der Waals surface area (Å²) in [4.78, 5) is 11.1. The van der Waals surface area contributed by atoms with Crippen molar-refractivity contribution in [2.75, 3.05) is 6.54 Å². The van der Waals surface area contributed by atoms with Gasteiger partial charge in [0.15, 0.2) is 5.78 Å². The molecule has 2 rings (SSSR count). The topological polar surface area (TPSA) is 41.1 Å². The number of carbonyl (C=O) groups is 1. The van der Waals surface area contributed by atoms with Crippen molar-refractivity contribution in [3.63, 3.8) is 0 Å². The minimum Gasteiger partial charge on any atom is -0.325 e. The van der Waals surface area contributed by atoms with Gasteiger partial charge in [-0.15, -0.1) is 0 Å². The Morgan fingerprint density at radius 3 is 3.00 bits per heavy atom. The summed E-state index contributed by atoms with van der Waals surface area (Å²) in [7, 11) is 0. The van der Waals surface area contributed by atoms with Crippen molar-refractivity contribution in [1.29, 1.82) is 0 Å². The van der Waals surface area contributed by atoms with Crippen LogP contribution in [0.1, 0.15) is 5.56 Å². The number of rotatable bonds is 2. The molecule has 0 saturated carbocycles. The number of halogens is 1. The number of hydrogen-bond donors (Lipinski definition) is 2. The molecule has 0 radical (unpaired) electrons. The molecule has 0 bridgehead atoms. The van der Waals surface area contributed by atoms with Crippen LogP contribution in [0.4, 0.5) is 0 Å². The van der Waals surface area contributed by atoms with E-state index < -0.39 is 0 Å². The van der Waals surface area contributed by atoms with Gasteiger partial charge in [-0.05, 0) is 17.7 Å². The Kier molecular flexibility index (Phi) is 3.04. The Hall–Kier alpha value is -1.32. The van der Waals surface area contributed by atoms with Crippen LogP contribution in [0, 0.1) is 0 Å². The van der Waals surface area contributed by atoms with E-state index in [0.717, 1.165) is 11.3 Å². The van der Waals surface area contributed by atoms with E-state index in [-0.39, 0.29) is 5.78 Å². The molecule has 0 saturated heterocycles. The van der Waals surface area contributed by atoms with Gasteiger partial charge >= 0.3 is 0 Å². The average Bonchev–Trinajstić information content (AvgIpc) is 2.17. The smallest absolute Gasteiger partial charge is 0.173 e. The maximum atomic E-state index is 11.1. The highest BCUT2D eigenvalue weighted by molar-refractivity contribution is 6.30. The maximum absolute atomic E-state index is 11.1. The van der Waals surface area contributed by atoms with E-state index in [0.29, 0.717) is 18.0 Å². The second-order valence-electron chi connectivity index (χ2n) is 3.42. The molecule has 78 valence electrons. The Labute approximate surface area is 93.1 Å². The first-order valence-corrected chi connectivity index (χ1v) is 5.08. The summed E-state index contributed by atoms with van der Waals surface area (Å²) >= 11 is 5.87. The molecule has 1 heterocycles. The lowest BCUT2D eigenvalue weighted by atomic mass is 10.1. The summed E-state index contributed by atoms with van der Waals surface area (Å²) in [6, 6.07) is 7.60. The molecule has 1 aliphatic rings. The number of hydrogen-bond acceptors (Lipinski definition) is 3. The predicted octanol–water partition coefficient (Wildman–Crippen LogP) is 1.44. The standard InChI is InChI=1S/C11H11ClN2O/c12-9-3-1-2-8(4-9)5-10-6-11(15)7-13-14-10/h1-4,6,13-14H,5,7H2. The molecule has 0 unspecified atom stereocenters. The molecule has 0 spiro atoms. The van der Waals surface area contributed by atoms with Crippen LogP contribution in [0.25, 0.3) is 0 Å². The highest BCUT2D eigenvalue weighted by Gasteiger charge is 2.08. The Balaban J connectivity index is 2.11. The number of ketones is 1. The summed E-state index contributed by atoms with van der Waals surface area (Å²) in [5.74, 6) is 0.0887. The third-order valence-electron chi connectivity index (χ3n) is 2.13. The molecule has 0 fully saturated rings. The van der Waals surface area contributed by atoms with E-state index in [1.165, 1.54) is 0 Å².